The first kappa shape index (κ1) is 22.0. The lowest BCUT2D eigenvalue weighted by Gasteiger charge is -2.35. The Morgan fingerprint density at radius 1 is 1.46 bits per heavy atom. The number of hydrogen-bond acceptors (Lipinski definition) is 4. The maximum atomic E-state index is 11.3. The number of hydrogen-bond donors (Lipinski definition) is 2. The highest BCUT2D eigenvalue weighted by atomic mass is 16.5. The van der Waals surface area contributed by atoms with Crippen molar-refractivity contribution in [2.75, 3.05) is 47.4 Å². The number of piperidine rings is 1. The van der Waals surface area contributed by atoms with Crippen LogP contribution in [0, 0.1) is 5.92 Å². The Bertz CT molecular complexity index is 662. The number of primary amides is 1. The Hall–Kier alpha value is -2.28. The second-order valence-electron chi connectivity index (χ2n) is 7.58. The van der Waals surface area contributed by atoms with Crippen LogP contribution in [0.25, 0.3) is 0 Å². The molecule has 1 saturated heterocycles. The fourth-order valence-corrected chi connectivity index (χ4v) is 3.72. The van der Waals surface area contributed by atoms with Gasteiger partial charge in [0, 0.05) is 26.1 Å². The molecule has 0 spiro atoms. The van der Waals surface area contributed by atoms with Crippen molar-refractivity contribution < 1.29 is 9.53 Å². The molecular weight excluding hydrogens is 354 g/mol. The van der Waals surface area contributed by atoms with Crippen LogP contribution < -0.4 is 15.8 Å². The number of nitrogens with one attached hydrogen (secondary N) is 1. The molecule has 3 N–H and O–H groups in total. The molecule has 0 bridgehead atoms. The maximum absolute atomic E-state index is 11.3. The molecule has 0 aliphatic carbocycles. The molecule has 1 aliphatic rings. The van der Waals surface area contributed by atoms with E-state index in [2.05, 4.69) is 48.3 Å². The summed E-state index contributed by atoms with van der Waals surface area (Å²) in [4.78, 5) is 20.7. The Balaban J connectivity index is 2.15. The van der Waals surface area contributed by atoms with Gasteiger partial charge < -0.3 is 25.6 Å². The van der Waals surface area contributed by atoms with Gasteiger partial charge in [-0.2, -0.15) is 0 Å². The molecule has 0 aromatic heterocycles. The minimum absolute atomic E-state index is 0.148. The van der Waals surface area contributed by atoms with Gasteiger partial charge in [-0.15, -0.1) is 0 Å². The zero-order chi connectivity index (χ0) is 20.5. The molecule has 2 atom stereocenters. The fourth-order valence-electron chi connectivity index (χ4n) is 3.72. The van der Waals surface area contributed by atoms with E-state index in [4.69, 9.17) is 15.5 Å². The first-order valence-electron chi connectivity index (χ1n) is 10.1. The second kappa shape index (κ2) is 10.9. The molecular formula is C21H35N5O2. The highest BCUT2D eigenvalue weighted by molar-refractivity contribution is 5.80. The molecule has 1 heterocycles. The summed E-state index contributed by atoms with van der Waals surface area (Å²) in [6.07, 6.45) is 2.54. The smallest absolute Gasteiger partial charge is 0.217 e. The Morgan fingerprint density at radius 3 is 2.89 bits per heavy atom. The van der Waals surface area contributed by atoms with Crippen LogP contribution in [0.5, 0.6) is 5.75 Å². The molecule has 7 nitrogen and oxygen atoms in total. The molecule has 0 saturated carbocycles. The van der Waals surface area contributed by atoms with Crippen LogP contribution in [0.3, 0.4) is 0 Å². The summed E-state index contributed by atoms with van der Waals surface area (Å²) in [5.74, 6) is 1.84. The van der Waals surface area contributed by atoms with Crippen molar-refractivity contribution >= 4 is 11.9 Å². The molecule has 1 fully saturated rings. The summed E-state index contributed by atoms with van der Waals surface area (Å²) in [5, 5.41) is 3.41. The van der Waals surface area contributed by atoms with Gasteiger partial charge in [0.2, 0.25) is 5.91 Å². The van der Waals surface area contributed by atoms with Crippen molar-refractivity contribution in [3.8, 4) is 5.75 Å². The quantitative estimate of drug-likeness (QED) is 0.524. The topological polar surface area (TPSA) is 83.2 Å². The van der Waals surface area contributed by atoms with Crippen LogP contribution >= 0.6 is 0 Å². The van der Waals surface area contributed by atoms with Gasteiger partial charge in [-0.3, -0.25) is 9.79 Å². The van der Waals surface area contributed by atoms with E-state index in [-0.39, 0.29) is 11.9 Å². The van der Waals surface area contributed by atoms with Gasteiger partial charge in [0.15, 0.2) is 5.96 Å². The van der Waals surface area contributed by atoms with E-state index < -0.39 is 0 Å². The number of benzene rings is 1. The molecule has 156 valence electrons. The van der Waals surface area contributed by atoms with Gasteiger partial charge in [0.1, 0.15) is 5.75 Å². The number of guanidine groups is 1. The molecule has 28 heavy (non-hydrogen) atoms. The number of ether oxygens (including phenoxy) is 1. The van der Waals surface area contributed by atoms with E-state index in [0.29, 0.717) is 18.9 Å². The van der Waals surface area contributed by atoms with Crippen molar-refractivity contribution in [2.24, 2.45) is 16.6 Å². The number of nitrogens with zero attached hydrogens (tertiary/aromatic N) is 3. The van der Waals surface area contributed by atoms with Crippen LogP contribution in [0.1, 0.15) is 37.8 Å². The van der Waals surface area contributed by atoms with Crippen LogP contribution in [-0.4, -0.2) is 69.1 Å². The number of amides is 1. The summed E-state index contributed by atoms with van der Waals surface area (Å²) in [7, 11) is 5.82. The molecule has 2 rings (SSSR count). The van der Waals surface area contributed by atoms with E-state index in [1.807, 2.05) is 12.1 Å². The lowest BCUT2D eigenvalue weighted by Crippen LogP contribution is -2.47. The number of methoxy groups -OCH3 is 1. The third kappa shape index (κ3) is 6.41. The number of rotatable bonds is 8. The maximum Gasteiger partial charge on any atom is 0.217 e. The number of nitrogens with two attached hydrogens (primary N) is 1. The highest BCUT2D eigenvalue weighted by Gasteiger charge is 2.24. The standard InChI is InChI=1S/C21H35N5O2/c1-5-23-21(26-11-7-8-16(15-26)12-20(22)27)24-14-19(25(2)3)17-9-6-10-18(13-17)28-4/h6,9-10,13,16,19H,5,7-8,11-12,14-15H2,1-4H3,(H2,22,27)(H,23,24). The summed E-state index contributed by atoms with van der Waals surface area (Å²) >= 11 is 0. The predicted octanol–water partition coefficient (Wildman–Crippen LogP) is 1.85. The van der Waals surface area contributed by atoms with Gasteiger partial charge in [-0.25, -0.2) is 0 Å². The van der Waals surface area contributed by atoms with Crippen LogP contribution in [0.15, 0.2) is 29.3 Å². The number of likely N-dealkylation sites (tertiary alicyclic amines) is 1. The monoisotopic (exact) mass is 389 g/mol. The number of likely N-dealkylation sites (N-methyl/N-ethyl adjacent to an activating group) is 1. The third-order valence-corrected chi connectivity index (χ3v) is 5.16. The summed E-state index contributed by atoms with van der Waals surface area (Å²) in [5.41, 5.74) is 6.58. The molecule has 1 amide bonds. The zero-order valence-corrected chi connectivity index (χ0v) is 17.6. The number of carbonyl (C=O) groups excluding carboxylic acids is 1. The number of aliphatic imine (C=N–C) groups is 1. The lowest BCUT2D eigenvalue weighted by molar-refractivity contribution is -0.119. The third-order valence-electron chi connectivity index (χ3n) is 5.16. The first-order chi connectivity index (χ1) is 13.4. The SMILES string of the molecule is CCNC(=NCC(c1cccc(OC)c1)N(C)C)N1CCCC(CC(N)=O)C1. The average Bonchev–Trinajstić information content (AvgIpc) is 2.67. The van der Waals surface area contributed by atoms with Gasteiger partial charge in [-0.05, 0) is 57.5 Å². The summed E-state index contributed by atoms with van der Waals surface area (Å²) < 4.78 is 5.37. The molecule has 1 aromatic rings. The van der Waals surface area contributed by atoms with E-state index in [0.717, 1.165) is 44.2 Å². The molecule has 1 aromatic carbocycles. The van der Waals surface area contributed by atoms with E-state index in [9.17, 15) is 4.79 Å². The fraction of sp³-hybridized carbons (Fsp3) is 0.619. The van der Waals surface area contributed by atoms with Crippen molar-refractivity contribution in [3.63, 3.8) is 0 Å². The molecule has 7 heteroatoms. The van der Waals surface area contributed by atoms with Crippen molar-refractivity contribution in [2.45, 2.75) is 32.2 Å². The Labute approximate surface area is 168 Å². The molecule has 0 radical (unpaired) electrons. The number of carbonyl (C=O) groups is 1. The van der Waals surface area contributed by atoms with Gasteiger partial charge in [0.25, 0.3) is 0 Å². The Kier molecular flexibility index (Phi) is 8.57. The minimum atomic E-state index is -0.223. The van der Waals surface area contributed by atoms with Crippen LogP contribution in [-0.2, 0) is 4.79 Å². The van der Waals surface area contributed by atoms with Crippen molar-refractivity contribution in [3.05, 3.63) is 29.8 Å². The van der Waals surface area contributed by atoms with Crippen molar-refractivity contribution in [1.82, 2.24) is 15.1 Å². The van der Waals surface area contributed by atoms with Crippen LogP contribution in [0.4, 0.5) is 0 Å². The van der Waals surface area contributed by atoms with E-state index in [1.165, 1.54) is 5.56 Å². The van der Waals surface area contributed by atoms with E-state index >= 15 is 0 Å². The van der Waals surface area contributed by atoms with Gasteiger partial charge in [0.05, 0.1) is 19.7 Å². The second-order valence-corrected chi connectivity index (χ2v) is 7.58. The molecule has 1 aliphatic heterocycles. The first-order valence-corrected chi connectivity index (χ1v) is 10.1. The largest absolute Gasteiger partial charge is 0.497 e. The Morgan fingerprint density at radius 2 is 2.25 bits per heavy atom. The predicted molar refractivity (Wildman–Crippen MR) is 114 cm³/mol. The lowest BCUT2D eigenvalue weighted by atomic mass is 9.95. The zero-order valence-electron chi connectivity index (χ0n) is 17.6. The highest BCUT2D eigenvalue weighted by Crippen LogP contribution is 2.24. The minimum Gasteiger partial charge on any atom is -0.497 e. The van der Waals surface area contributed by atoms with E-state index in [1.54, 1.807) is 7.11 Å². The normalized spacial score (nSPS) is 18.8. The average molecular weight is 390 g/mol. The van der Waals surface area contributed by atoms with Gasteiger partial charge in [-0.1, -0.05) is 12.1 Å². The van der Waals surface area contributed by atoms with Gasteiger partial charge >= 0.3 is 0 Å². The molecule has 2 unspecified atom stereocenters. The van der Waals surface area contributed by atoms with Crippen LogP contribution in [0.2, 0.25) is 0 Å². The van der Waals surface area contributed by atoms with Crippen molar-refractivity contribution in [1.29, 1.82) is 0 Å². The summed E-state index contributed by atoms with van der Waals surface area (Å²) in [6, 6.07) is 8.29. The summed E-state index contributed by atoms with van der Waals surface area (Å²) in [6.45, 7) is 5.29.